The Bertz CT molecular complexity index is 1010. The predicted octanol–water partition coefficient (Wildman–Crippen LogP) is 3.60. The third kappa shape index (κ3) is 4.13. The summed E-state index contributed by atoms with van der Waals surface area (Å²) in [5, 5.41) is 8.77. The van der Waals surface area contributed by atoms with E-state index in [1.54, 1.807) is 12.1 Å². The van der Waals surface area contributed by atoms with Gasteiger partial charge in [0, 0.05) is 17.8 Å². The molecule has 0 amide bonds. The van der Waals surface area contributed by atoms with Crippen LogP contribution < -0.4 is 4.72 Å². The zero-order chi connectivity index (χ0) is 18.9. The summed E-state index contributed by atoms with van der Waals surface area (Å²) in [7, 11) is -3.52. The molecule has 0 saturated heterocycles. The fraction of sp³-hybridized carbons (Fsp3) is 0.300. The summed E-state index contributed by atoms with van der Waals surface area (Å²) in [5.74, 6) is 0.253. The maximum absolute atomic E-state index is 12.5. The molecule has 1 atom stereocenters. The van der Waals surface area contributed by atoms with Crippen LogP contribution in [-0.4, -0.2) is 26.9 Å². The highest BCUT2D eigenvalue weighted by atomic mass is 35.5. The van der Waals surface area contributed by atoms with Crippen LogP contribution >= 0.6 is 11.6 Å². The molecule has 2 aromatic rings. The number of halogens is 1. The number of benzene rings is 2. The summed E-state index contributed by atoms with van der Waals surface area (Å²) in [4.78, 5) is 0.237. The number of nitrogens with zero attached hydrogens (tertiary/aromatic N) is 2. The Kier molecular flexibility index (Phi) is 5.12. The van der Waals surface area contributed by atoms with E-state index in [-0.39, 0.29) is 10.8 Å². The summed E-state index contributed by atoms with van der Waals surface area (Å²) >= 11 is 5.83. The minimum absolute atomic E-state index is 0.237. The second kappa shape index (κ2) is 7.54. The second-order valence-corrected chi connectivity index (χ2v) is 9.15. The van der Waals surface area contributed by atoms with E-state index in [0.717, 1.165) is 37.0 Å². The first-order valence-corrected chi connectivity index (χ1v) is 10.8. The van der Waals surface area contributed by atoms with E-state index in [0.29, 0.717) is 11.6 Å². The number of rotatable bonds is 5. The minimum Gasteiger partial charge on any atom is -0.211 e. The van der Waals surface area contributed by atoms with Crippen LogP contribution in [0.25, 0.3) is 0 Å². The van der Waals surface area contributed by atoms with Crippen molar-refractivity contribution in [1.29, 1.82) is 0 Å². The van der Waals surface area contributed by atoms with Crippen molar-refractivity contribution in [2.24, 2.45) is 16.1 Å². The monoisotopic (exact) mass is 401 g/mol. The van der Waals surface area contributed by atoms with E-state index < -0.39 is 10.0 Å². The van der Waals surface area contributed by atoms with Gasteiger partial charge in [0.1, 0.15) is 0 Å². The van der Waals surface area contributed by atoms with Crippen molar-refractivity contribution in [2.45, 2.75) is 30.6 Å². The van der Waals surface area contributed by atoms with Crippen molar-refractivity contribution in [3.63, 3.8) is 0 Å². The quantitative estimate of drug-likeness (QED) is 0.831. The molecule has 27 heavy (non-hydrogen) atoms. The molecule has 2 aromatic carbocycles. The van der Waals surface area contributed by atoms with Crippen molar-refractivity contribution in [3.8, 4) is 0 Å². The third-order valence-electron chi connectivity index (χ3n) is 5.01. The van der Waals surface area contributed by atoms with Gasteiger partial charge in [0.25, 0.3) is 0 Å². The number of fused-ring (bicyclic) bond motifs is 1. The summed E-state index contributed by atoms with van der Waals surface area (Å²) in [6, 6.07) is 12.6. The van der Waals surface area contributed by atoms with E-state index in [9.17, 15) is 8.42 Å². The number of nitrogens with one attached hydrogen (secondary N) is 1. The minimum atomic E-state index is -3.52. The normalized spacial score (nSPS) is 19.0. The molecular weight excluding hydrogens is 382 g/mol. The molecular formula is C20H20ClN3O2S. The van der Waals surface area contributed by atoms with Crippen molar-refractivity contribution in [1.82, 2.24) is 4.72 Å². The van der Waals surface area contributed by atoms with Gasteiger partial charge in [-0.05, 0) is 78.6 Å². The lowest BCUT2D eigenvalue weighted by Gasteiger charge is -2.11. The summed E-state index contributed by atoms with van der Waals surface area (Å²) in [5.41, 5.74) is 4.70. The second-order valence-electron chi connectivity index (χ2n) is 6.95. The van der Waals surface area contributed by atoms with E-state index in [1.807, 2.05) is 6.21 Å². The van der Waals surface area contributed by atoms with Gasteiger partial charge in [-0.2, -0.15) is 10.2 Å². The Morgan fingerprint density at radius 1 is 1.07 bits per heavy atom. The first kappa shape index (κ1) is 18.3. The molecule has 0 fully saturated rings. The van der Waals surface area contributed by atoms with E-state index in [1.165, 1.54) is 23.3 Å². The topological polar surface area (TPSA) is 70.9 Å². The summed E-state index contributed by atoms with van der Waals surface area (Å²) in [6.45, 7) is 0.417. The molecule has 1 aliphatic carbocycles. The molecule has 0 radical (unpaired) electrons. The Balaban J connectivity index is 1.42. The van der Waals surface area contributed by atoms with Crippen LogP contribution in [0, 0.1) is 5.92 Å². The standard InChI is InChI=1S/C20H20ClN3O2S/c21-18-5-7-19(8-6-18)27(25,26)23-13-14-10-15-3-4-16(12-17(15)11-14)20-2-1-9-22-24-20/h3-9,12,14,23H,1-2,10-11,13H2. The van der Waals surface area contributed by atoms with Crippen LogP contribution in [0.3, 0.4) is 0 Å². The SMILES string of the molecule is O=S(=O)(NCC1Cc2ccc(C3=NN=CCC3)cc2C1)c1ccc(Cl)cc1. The maximum Gasteiger partial charge on any atom is 0.240 e. The molecule has 0 bridgehead atoms. The zero-order valence-corrected chi connectivity index (χ0v) is 16.3. The van der Waals surface area contributed by atoms with Crippen molar-refractivity contribution < 1.29 is 8.42 Å². The number of hydrogen-bond acceptors (Lipinski definition) is 4. The van der Waals surface area contributed by atoms with Crippen molar-refractivity contribution in [3.05, 3.63) is 64.2 Å². The van der Waals surface area contributed by atoms with Gasteiger partial charge in [-0.15, -0.1) is 0 Å². The zero-order valence-electron chi connectivity index (χ0n) is 14.7. The lowest BCUT2D eigenvalue weighted by molar-refractivity contribution is 0.527. The highest BCUT2D eigenvalue weighted by molar-refractivity contribution is 7.89. The largest absolute Gasteiger partial charge is 0.240 e. The molecule has 7 heteroatoms. The first-order valence-electron chi connectivity index (χ1n) is 8.97. The Hall–Kier alpha value is -2.02. The average Bonchev–Trinajstić information content (AvgIpc) is 3.10. The average molecular weight is 402 g/mol. The van der Waals surface area contributed by atoms with Crippen LogP contribution in [-0.2, 0) is 22.9 Å². The van der Waals surface area contributed by atoms with Crippen LogP contribution in [0.5, 0.6) is 0 Å². The lowest BCUT2D eigenvalue weighted by Crippen LogP contribution is -2.29. The number of hydrogen-bond donors (Lipinski definition) is 1. The smallest absolute Gasteiger partial charge is 0.211 e. The Morgan fingerprint density at radius 3 is 2.59 bits per heavy atom. The molecule has 2 aliphatic rings. The molecule has 140 valence electrons. The van der Waals surface area contributed by atoms with Gasteiger partial charge >= 0.3 is 0 Å². The van der Waals surface area contributed by atoms with E-state index >= 15 is 0 Å². The molecule has 0 saturated carbocycles. The molecule has 1 heterocycles. The van der Waals surface area contributed by atoms with E-state index in [4.69, 9.17) is 11.6 Å². The molecule has 1 N–H and O–H groups in total. The van der Waals surface area contributed by atoms with Gasteiger partial charge in [-0.25, -0.2) is 13.1 Å². The summed E-state index contributed by atoms with van der Waals surface area (Å²) in [6.07, 6.45) is 5.41. The van der Waals surface area contributed by atoms with Gasteiger partial charge in [0.05, 0.1) is 10.6 Å². The Morgan fingerprint density at radius 2 is 1.85 bits per heavy atom. The van der Waals surface area contributed by atoms with Gasteiger partial charge in [0.15, 0.2) is 0 Å². The highest BCUT2D eigenvalue weighted by Crippen LogP contribution is 2.28. The molecule has 1 unspecified atom stereocenters. The predicted molar refractivity (Wildman–Crippen MR) is 108 cm³/mol. The van der Waals surface area contributed by atoms with Gasteiger partial charge in [-0.3, -0.25) is 0 Å². The first-order chi connectivity index (χ1) is 13.0. The molecule has 0 spiro atoms. The highest BCUT2D eigenvalue weighted by Gasteiger charge is 2.24. The van der Waals surface area contributed by atoms with Crippen molar-refractivity contribution in [2.75, 3.05) is 6.54 Å². The fourth-order valence-electron chi connectivity index (χ4n) is 3.58. The van der Waals surface area contributed by atoms with Crippen LogP contribution in [0.2, 0.25) is 5.02 Å². The molecule has 1 aliphatic heterocycles. The third-order valence-corrected chi connectivity index (χ3v) is 6.70. The van der Waals surface area contributed by atoms with Crippen LogP contribution in [0.15, 0.2) is 57.6 Å². The van der Waals surface area contributed by atoms with Crippen LogP contribution in [0.1, 0.15) is 29.5 Å². The van der Waals surface area contributed by atoms with Gasteiger partial charge in [0.2, 0.25) is 10.0 Å². The molecule has 0 aromatic heterocycles. The maximum atomic E-state index is 12.5. The van der Waals surface area contributed by atoms with E-state index in [2.05, 4.69) is 33.1 Å². The number of sulfonamides is 1. The Labute approximate surface area is 164 Å². The van der Waals surface area contributed by atoms with Crippen molar-refractivity contribution >= 4 is 33.6 Å². The van der Waals surface area contributed by atoms with Gasteiger partial charge in [-0.1, -0.05) is 23.7 Å². The fourth-order valence-corrected chi connectivity index (χ4v) is 4.82. The van der Waals surface area contributed by atoms with Crippen LogP contribution in [0.4, 0.5) is 0 Å². The molecule has 4 rings (SSSR count). The van der Waals surface area contributed by atoms with Gasteiger partial charge < -0.3 is 0 Å². The molecule has 5 nitrogen and oxygen atoms in total. The lowest BCUT2D eigenvalue weighted by atomic mass is 10.0. The summed E-state index contributed by atoms with van der Waals surface area (Å²) < 4.78 is 27.6.